The second kappa shape index (κ2) is 8.05. The molecule has 1 fully saturated rings. The minimum Gasteiger partial charge on any atom is -0.507 e. The van der Waals surface area contributed by atoms with Gasteiger partial charge in [-0.25, -0.2) is 0 Å². The van der Waals surface area contributed by atoms with Gasteiger partial charge in [0.1, 0.15) is 19.0 Å². The number of hydrogen-bond acceptors (Lipinski definition) is 6. The Morgan fingerprint density at radius 3 is 2.75 bits per heavy atom. The van der Waals surface area contributed by atoms with Crippen molar-refractivity contribution in [2.75, 3.05) is 33.5 Å². The quantitative estimate of drug-likeness (QED) is 0.364. The summed E-state index contributed by atoms with van der Waals surface area (Å²) in [6, 6.07) is 11.8. The Labute approximate surface area is 184 Å². The van der Waals surface area contributed by atoms with E-state index < -0.39 is 17.7 Å². The van der Waals surface area contributed by atoms with Crippen LogP contribution in [0.2, 0.25) is 0 Å². The number of carbonyl (C=O) groups excluding carboxylic acids is 2. The van der Waals surface area contributed by atoms with Gasteiger partial charge in [-0.15, -0.1) is 0 Å². The molecule has 8 nitrogen and oxygen atoms in total. The van der Waals surface area contributed by atoms with E-state index in [9.17, 15) is 14.7 Å². The van der Waals surface area contributed by atoms with Crippen LogP contribution in [0.1, 0.15) is 17.2 Å². The number of ketones is 1. The molecule has 2 N–H and O–H groups in total. The molecule has 1 aromatic heterocycles. The summed E-state index contributed by atoms with van der Waals surface area (Å²) in [6.45, 7) is 1.32. The van der Waals surface area contributed by atoms with Crippen molar-refractivity contribution in [1.82, 2.24) is 9.88 Å². The van der Waals surface area contributed by atoms with Gasteiger partial charge in [-0.1, -0.05) is 18.2 Å². The number of ether oxygens (including phenoxy) is 3. The number of H-pyrrole nitrogens is 1. The maximum Gasteiger partial charge on any atom is 0.295 e. The first-order chi connectivity index (χ1) is 15.6. The normalized spacial score (nSPS) is 19.7. The molecule has 0 aliphatic carbocycles. The van der Waals surface area contributed by atoms with Gasteiger partial charge in [0, 0.05) is 41.9 Å². The highest BCUT2D eigenvalue weighted by atomic mass is 16.6. The number of likely N-dealkylation sites (tertiary alicyclic amines) is 1. The van der Waals surface area contributed by atoms with Crippen LogP contribution in [-0.4, -0.2) is 60.2 Å². The highest BCUT2D eigenvalue weighted by Crippen LogP contribution is 2.42. The predicted octanol–water partition coefficient (Wildman–Crippen LogP) is 3.01. The van der Waals surface area contributed by atoms with Gasteiger partial charge in [-0.3, -0.25) is 9.59 Å². The summed E-state index contributed by atoms with van der Waals surface area (Å²) in [5, 5.41) is 12.1. The first kappa shape index (κ1) is 20.1. The SMILES string of the molecule is COCCN1C(=O)C(=O)/C(=C(/O)c2ccc3c(c2)OCCO3)C1c1c[nH]c2ccccc12. The highest BCUT2D eigenvalue weighted by molar-refractivity contribution is 6.46. The Balaban J connectivity index is 1.67. The van der Waals surface area contributed by atoms with Crippen molar-refractivity contribution < 1.29 is 28.9 Å². The van der Waals surface area contributed by atoms with E-state index >= 15 is 0 Å². The Hall–Kier alpha value is -3.78. The number of aliphatic hydroxyl groups is 1. The average molecular weight is 434 g/mol. The van der Waals surface area contributed by atoms with Gasteiger partial charge in [-0.05, 0) is 24.3 Å². The molecule has 3 aromatic rings. The largest absolute Gasteiger partial charge is 0.507 e. The molecule has 5 rings (SSSR count). The molecule has 3 heterocycles. The molecular formula is C24H22N2O6. The number of para-hydroxylation sites is 1. The van der Waals surface area contributed by atoms with Crippen molar-refractivity contribution in [1.29, 1.82) is 0 Å². The number of hydrogen-bond donors (Lipinski definition) is 2. The Kier molecular flexibility index (Phi) is 5.07. The van der Waals surface area contributed by atoms with Gasteiger partial charge in [0.15, 0.2) is 11.5 Å². The zero-order valence-corrected chi connectivity index (χ0v) is 17.5. The second-order valence-corrected chi connectivity index (χ2v) is 7.63. The molecule has 2 aliphatic rings. The molecule has 8 heteroatoms. The van der Waals surface area contributed by atoms with Gasteiger partial charge < -0.3 is 29.2 Å². The third kappa shape index (κ3) is 3.20. The van der Waals surface area contributed by atoms with Crippen LogP contribution in [0.25, 0.3) is 16.7 Å². The smallest absolute Gasteiger partial charge is 0.295 e. The summed E-state index contributed by atoms with van der Waals surface area (Å²) in [4.78, 5) is 30.7. The Morgan fingerprint density at radius 2 is 1.94 bits per heavy atom. The summed E-state index contributed by atoms with van der Waals surface area (Å²) >= 11 is 0. The number of nitrogens with zero attached hydrogens (tertiary/aromatic N) is 1. The molecule has 0 saturated carbocycles. The number of Topliss-reactive ketones (excluding diaryl/α,β-unsaturated/α-hetero) is 1. The molecule has 32 heavy (non-hydrogen) atoms. The average Bonchev–Trinajstić information content (AvgIpc) is 3.35. The maximum atomic E-state index is 13.1. The maximum absolute atomic E-state index is 13.1. The van der Waals surface area contributed by atoms with E-state index in [2.05, 4.69) is 4.98 Å². The van der Waals surface area contributed by atoms with Crippen LogP contribution >= 0.6 is 0 Å². The lowest BCUT2D eigenvalue weighted by molar-refractivity contribution is -0.140. The van der Waals surface area contributed by atoms with Gasteiger partial charge in [0.2, 0.25) is 0 Å². The molecule has 0 radical (unpaired) electrons. The third-order valence-corrected chi connectivity index (χ3v) is 5.81. The fraction of sp³-hybridized carbons (Fsp3) is 0.250. The molecule has 164 valence electrons. The molecule has 0 spiro atoms. The second-order valence-electron chi connectivity index (χ2n) is 7.63. The van der Waals surface area contributed by atoms with Crippen LogP contribution in [0, 0.1) is 0 Å². The van der Waals surface area contributed by atoms with Gasteiger partial charge in [0.25, 0.3) is 11.7 Å². The predicted molar refractivity (Wildman–Crippen MR) is 117 cm³/mol. The number of fused-ring (bicyclic) bond motifs is 2. The number of amides is 1. The zero-order valence-electron chi connectivity index (χ0n) is 17.5. The number of nitrogens with one attached hydrogen (secondary N) is 1. The molecule has 2 aliphatic heterocycles. The molecule has 1 unspecified atom stereocenters. The fourth-order valence-electron chi connectivity index (χ4n) is 4.29. The fourth-order valence-corrected chi connectivity index (χ4v) is 4.29. The van der Waals surface area contributed by atoms with Gasteiger partial charge in [0.05, 0.1) is 18.2 Å². The monoisotopic (exact) mass is 434 g/mol. The first-order valence-electron chi connectivity index (χ1n) is 10.3. The van der Waals surface area contributed by atoms with E-state index in [1.165, 1.54) is 12.0 Å². The van der Waals surface area contributed by atoms with Crippen molar-refractivity contribution >= 4 is 28.4 Å². The van der Waals surface area contributed by atoms with Gasteiger partial charge in [-0.2, -0.15) is 0 Å². The van der Waals surface area contributed by atoms with Crippen LogP contribution in [0.3, 0.4) is 0 Å². The Bertz CT molecular complexity index is 1240. The van der Waals surface area contributed by atoms with Crippen LogP contribution < -0.4 is 9.47 Å². The van der Waals surface area contributed by atoms with Crippen molar-refractivity contribution in [2.24, 2.45) is 0 Å². The zero-order chi connectivity index (χ0) is 22.2. The molecule has 0 bridgehead atoms. The van der Waals surface area contributed by atoms with E-state index in [-0.39, 0.29) is 24.5 Å². The van der Waals surface area contributed by atoms with Gasteiger partial charge >= 0.3 is 0 Å². The van der Waals surface area contributed by atoms with Crippen LogP contribution in [-0.2, 0) is 14.3 Å². The van der Waals surface area contributed by atoms with E-state index in [0.717, 1.165) is 16.5 Å². The van der Waals surface area contributed by atoms with E-state index in [1.54, 1.807) is 24.4 Å². The number of methoxy groups -OCH3 is 1. The third-order valence-electron chi connectivity index (χ3n) is 5.81. The number of benzene rings is 2. The number of aliphatic hydroxyl groups excluding tert-OH is 1. The topological polar surface area (TPSA) is 101 Å². The van der Waals surface area contributed by atoms with Crippen molar-refractivity contribution in [3.63, 3.8) is 0 Å². The Morgan fingerprint density at radius 1 is 1.16 bits per heavy atom. The lowest BCUT2D eigenvalue weighted by atomic mass is 9.95. The minimum absolute atomic E-state index is 0.0348. The first-order valence-corrected chi connectivity index (χ1v) is 10.3. The molecule has 1 saturated heterocycles. The number of aromatic amines is 1. The standard InChI is InChI=1S/C24H22N2O6/c1-30-9-8-26-21(16-13-25-17-5-3-2-4-15(16)17)20(23(28)24(26)29)22(27)14-6-7-18-19(12-14)32-11-10-31-18/h2-7,12-13,21,25,27H,8-11H2,1H3/b22-20+. The lowest BCUT2D eigenvalue weighted by Crippen LogP contribution is -2.32. The summed E-state index contributed by atoms with van der Waals surface area (Å²) < 4.78 is 16.3. The summed E-state index contributed by atoms with van der Waals surface area (Å²) in [5.41, 5.74) is 2.02. The van der Waals surface area contributed by atoms with Crippen molar-refractivity contribution in [2.45, 2.75) is 6.04 Å². The van der Waals surface area contributed by atoms with Crippen molar-refractivity contribution in [3.8, 4) is 11.5 Å². The summed E-state index contributed by atoms with van der Waals surface area (Å²) in [6.07, 6.45) is 1.78. The van der Waals surface area contributed by atoms with E-state index in [0.29, 0.717) is 30.3 Å². The van der Waals surface area contributed by atoms with Crippen LogP contribution in [0.5, 0.6) is 11.5 Å². The number of carbonyl (C=O) groups is 2. The summed E-state index contributed by atoms with van der Waals surface area (Å²) in [7, 11) is 1.53. The van der Waals surface area contributed by atoms with E-state index in [1.807, 2.05) is 24.3 Å². The number of rotatable bonds is 5. The van der Waals surface area contributed by atoms with Crippen molar-refractivity contribution in [3.05, 3.63) is 65.4 Å². The minimum atomic E-state index is -0.755. The molecule has 2 aromatic carbocycles. The highest BCUT2D eigenvalue weighted by Gasteiger charge is 2.46. The molecule has 1 amide bonds. The molecule has 1 atom stereocenters. The lowest BCUT2D eigenvalue weighted by Gasteiger charge is -2.24. The van der Waals surface area contributed by atoms with E-state index in [4.69, 9.17) is 14.2 Å². The van der Waals surface area contributed by atoms with Crippen LogP contribution in [0.15, 0.2) is 54.2 Å². The molecular weight excluding hydrogens is 412 g/mol. The summed E-state index contributed by atoms with van der Waals surface area (Å²) in [5.74, 6) is -0.602. The number of aromatic nitrogens is 1. The van der Waals surface area contributed by atoms with Crippen LogP contribution in [0.4, 0.5) is 0 Å².